The van der Waals surface area contributed by atoms with Gasteiger partial charge < -0.3 is 5.73 Å². The van der Waals surface area contributed by atoms with Gasteiger partial charge in [0.05, 0.1) is 5.69 Å². The highest BCUT2D eigenvalue weighted by Crippen LogP contribution is 1.92. The van der Waals surface area contributed by atoms with Gasteiger partial charge in [0.2, 0.25) is 0 Å². The number of nitrogen functional groups attached to an aromatic ring is 1. The van der Waals surface area contributed by atoms with Crippen molar-refractivity contribution in [1.82, 2.24) is 4.98 Å². The Morgan fingerprint density at radius 3 is 2.86 bits per heavy atom. The van der Waals surface area contributed by atoms with Crippen LogP contribution in [-0.2, 0) is 0 Å². The first-order valence-corrected chi connectivity index (χ1v) is 2.05. The lowest BCUT2D eigenvalue weighted by Crippen LogP contribution is -1.82. The van der Waals surface area contributed by atoms with Crippen molar-refractivity contribution in [2.75, 3.05) is 5.73 Å². The zero-order chi connectivity index (χ0) is 5.11. The minimum atomic E-state index is 0. The van der Waals surface area contributed by atoms with Crippen LogP contribution in [0.2, 0.25) is 0 Å². The molecule has 0 saturated heterocycles. The second kappa shape index (κ2) is 1.60. The fourth-order valence-corrected chi connectivity index (χ4v) is 0.376. The Kier molecular flexibility index (Phi) is 0.941. The molecule has 7 heavy (non-hydrogen) atoms. The molecule has 0 fully saturated rings. The summed E-state index contributed by atoms with van der Waals surface area (Å²) in [5.74, 6) is 0. The summed E-state index contributed by atoms with van der Waals surface area (Å²) in [5.41, 5.74) is 6.01. The van der Waals surface area contributed by atoms with E-state index in [1.165, 1.54) is 0 Å². The van der Waals surface area contributed by atoms with E-state index >= 15 is 0 Å². The minimum absolute atomic E-state index is 0. The zero-order valence-corrected chi connectivity index (χ0v) is 3.83. The van der Waals surface area contributed by atoms with Crippen molar-refractivity contribution in [2.45, 2.75) is 0 Å². The van der Waals surface area contributed by atoms with Crippen LogP contribution in [0, 0.1) is 0 Å². The van der Waals surface area contributed by atoms with Crippen LogP contribution in [0.1, 0.15) is 1.43 Å². The van der Waals surface area contributed by atoms with Gasteiger partial charge in [0, 0.05) is 13.8 Å². The maximum atomic E-state index is 5.30. The van der Waals surface area contributed by atoms with E-state index in [1.807, 2.05) is 0 Å². The highest BCUT2D eigenvalue weighted by molar-refractivity contribution is 5.32. The van der Waals surface area contributed by atoms with Gasteiger partial charge in [0.25, 0.3) is 0 Å². The number of rotatable bonds is 0. The van der Waals surface area contributed by atoms with Crippen molar-refractivity contribution < 1.29 is 1.43 Å². The van der Waals surface area contributed by atoms with Gasteiger partial charge in [-0.15, -0.1) is 0 Å². The zero-order valence-electron chi connectivity index (χ0n) is 3.83. The van der Waals surface area contributed by atoms with Gasteiger partial charge in [0.15, 0.2) is 0 Å². The van der Waals surface area contributed by atoms with E-state index < -0.39 is 0 Å². The number of hydrogen-bond acceptors (Lipinski definition) is 2. The normalized spacial score (nSPS) is 8.57. The molecule has 1 aromatic rings. The number of anilines is 1. The van der Waals surface area contributed by atoms with Gasteiger partial charge >= 0.3 is 0 Å². The Morgan fingerprint density at radius 2 is 2.57 bits per heavy atom. The summed E-state index contributed by atoms with van der Waals surface area (Å²) in [5, 5.41) is 0. The van der Waals surface area contributed by atoms with Crippen molar-refractivity contribution in [3.05, 3.63) is 24.5 Å². The van der Waals surface area contributed by atoms with Gasteiger partial charge in [-0.1, -0.05) is 0 Å². The average molecular weight is 96.1 g/mol. The highest BCUT2D eigenvalue weighted by Gasteiger charge is 1.73. The van der Waals surface area contributed by atoms with E-state index in [9.17, 15) is 0 Å². The monoisotopic (exact) mass is 96.1 g/mol. The van der Waals surface area contributed by atoms with E-state index in [4.69, 9.17) is 5.73 Å². The molecule has 0 spiro atoms. The third kappa shape index (κ3) is 0.892. The van der Waals surface area contributed by atoms with Gasteiger partial charge in [0.1, 0.15) is 0 Å². The molecule has 1 rings (SSSR count). The molecule has 0 bridgehead atoms. The summed E-state index contributed by atoms with van der Waals surface area (Å²) in [6.45, 7) is 0. The third-order valence-corrected chi connectivity index (χ3v) is 0.684. The summed E-state index contributed by atoms with van der Waals surface area (Å²) in [4.78, 5) is 3.76. The summed E-state index contributed by atoms with van der Waals surface area (Å²) in [6.07, 6.45) is 3.30. The Morgan fingerprint density at radius 1 is 1.71 bits per heavy atom. The van der Waals surface area contributed by atoms with Crippen molar-refractivity contribution in [3.63, 3.8) is 0 Å². The predicted octanol–water partition coefficient (Wildman–Crippen LogP) is 0.910. The number of nitrogens with two attached hydrogens (primary N) is 1. The standard InChI is InChI=1S/C5H6N2.H2/c6-5-2-1-3-7-4-5;/h1-4H,6H2;1H. The van der Waals surface area contributed by atoms with Crippen LogP contribution in [0.5, 0.6) is 0 Å². The topological polar surface area (TPSA) is 38.9 Å². The first-order valence-electron chi connectivity index (χ1n) is 2.05. The predicted molar refractivity (Wildman–Crippen MR) is 30.8 cm³/mol. The van der Waals surface area contributed by atoms with E-state index in [1.54, 1.807) is 24.5 Å². The molecule has 0 saturated carbocycles. The number of pyridine rings is 1. The van der Waals surface area contributed by atoms with E-state index in [2.05, 4.69) is 4.98 Å². The molecule has 1 aromatic heterocycles. The van der Waals surface area contributed by atoms with E-state index in [0.29, 0.717) is 5.69 Å². The van der Waals surface area contributed by atoms with Crippen molar-refractivity contribution in [1.29, 1.82) is 0 Å². The summed E-state index contributed by atoms with van der Waals surface area (Å²) in [7, 11) is 0. The van der Waals surface area contributed by atoms with Gasteiger partial charge in [-0.3, -0.25) is 4.98 Å². The Hall–Kier alpha value is -1.05. The number of hydrogen-bond donors (Lipinski definition) is 1. The van der Waals surface area contributed by atoms with Gasteiger partial charge in [-0.25, -0.2) is 0 Å². The molecule has 0 amide bonds. The van der Waals surface area contributed by atoms with Gasteiger partial charge in [-0.05, 0) is 12.1 Å². The smallest absolute Gasteiger partial charge is 0.0500 e. The Labute approximate surface area is 43.5 Å². The molecule has 0 atom stereocenters. The maximum absolute atomic E-state index is 5.30. The fraction of sp³-hybridized carbons (Fsp3) is 0. The van der Waals surface area contributed by atoms with Crippen LogP contribution >= 0.6 is 0 Å². The van der Waals surface area contributed by atoms with Crippen LogP contribution in [-0.4, -0.2) is 4.98 Å². The second-order valence-electron chi connectivity index (χ2n) is 1.29. The molecule has 0 aromatic carbocycles. The Bertz CT molecular complexity index is 140. The fourth-order valence-electron chi connectivity index (χ4n) is 0.376. The van der Waals surface area contributed by atoms with Crippen LogP contribution in [0.4, 0.5) is 5.69 Å². The van der Waals surface area contributed by atoms with Crippen molar-refractivity contribution in [3.8, 4) is 0 Å². The average Bonchev–Trinajstić information content (AvgIpc) is 1.69. The molecule has 2 nitrogen and oxygen atoms in total. The van der Waals surface area contributed by atoms with E-state index in [-0.39, 0.29) is 1.43 Å². The first kappa shape index (κ1) is 4.12. The van der Waals surface area contributed by atoms with Crippen LogP contribution < -0.4 is 5.73 Å². The second-order valence-corrected chi connectivity index (χ2v) is 1.29. The molecule has 1 heterocycles. The number of aromatic nitrogens is 1. The molecule has 0 aliphatic rings. The van der Waals surface area contributed by atoms with Crippen LogP contribution in [0.3, 0.4) is 0 Å². The molecule has 0 aliphatic heterocycles. The maximum Gasteiger partial charge on any atom is 0.0500 e. The largest absolute Gasteiger partial charge is 0.397 e. The lowest BCUT2D eigenvalue weighted by atomic mass is 10.4. The molecule has 2 heteroatoms. The SMILES string of the molecule is Nc1cccnc1.[HH]. The molecular weight excluding hydrogens is 88.1 g/mol. The minimum Gasteiger partial charge on any atom is -0.397 e. The van der Waals surface area contributed by atoms with Gasteiger partial charge in [-0.2, -0.15) is 0 Å². The molecular formula is C5H8N2. The Balaban J connectivity index is 0.000000490. The molecule has 0 aliphatic carbocycles. The number of nitrogens with zero attached hydrogens (tertiary/aromatic N) is 1. The summed E-state index contributed by atoms with van der Waals surface area (Å²) in [6, 6.07) is 3.60. The lowest BCUT2D eigenvalue weighted by Gasteiger charge is -1.83. The summed E-state index contributed by atoms with van der Waals surface area (Å²) < 4.78 is 0. The first-order chi connectivity index (χ1) is 3.39. The van der Waals surface area contributed by atoms with E-state index in [0.717, 1.165) is 0 Å². The molecule has 2 N–H and O–H groups in total. The van der Waals surface area contributed by atoms with Crippen molar-refractivity contribution in [2.24, 2.45) is 0 Å². The highest BCUT2D eigenvalue weighted by atomic mass is 14.7. The molecule has 0 unspecified atom stereocenters. The molecule has 38 valence electrons. The van der Waals surface area contributed by atoms with Crippen LogP contribution in [0.15, 0.2) is 24.5 Å². The molecule has 0 radical (unpaired) electrons. The quantitative estimate of drug-likeness (QED) is 0.521. The third-order valence-electron chi connectivity index (χ3n) is 0.684. The van der Waals surface area contributed by atoms with Crippen LogP contribution in [0.25, 0.3) is 0 Å². The lowest BCUT2D eigenvalue weighted by molar-refractivity contribution is 1.33. The van der Waals surface area contributed by atoms with Crippen molar-refractivity contribution >= 4 is 5.69 Å². The summed E-state index contributed by atoms with van der Waals surface area (Å²) >= 11 is 0.